The van der Waals surface area contributed by atoms with Gasteiger partial charge in [0.1, 0.15) is 5.75 Å². The van der Waals surface area contributed by atoms with Gasteiger partial charge < -0.3 is 10.1 Å². The number of nitrogens with zero attached hydrogens (tertiary/aromatic N) is 1. The molecule has 0 radical (unpaired) electrons. The number of carbonyl (C=O) groups is 1. The Morgan fingerprint density at radius 1 is 1.35 bits per heavy atom. The summed E-state index contributed by atoms with van der Waals surface area (Å²) in [7, 11) is 0. The van der Waals surface area contributed by atoms with Gasteiger partial charge in [-0.15, -0.1) is 11.3 Å². The van der Waals surface area contributed by atoms with Crippen molar-refractivity contribution in [2.75, 3.05) is 0 Å². The highest BCUT2D eigenvalue weighted by atomic mass is 35.5. The average molecular weight is 353 g/mol. The molecular formula is C17H21ClN2O2S. The summed E-state index contributed by atoms with van der Waals surface area (Å²) in [5.74, 6) is 0.703. The predicted octanol–water partition coefficient (Wildman–Crippen LogP) is 4.64. The van der Waals surface area contributed by atoms with E-state index >= 15 is 0 Å². The molecule has 1 amide bonds. The van der Waals surface area contributed by atoms with Gasteiger partial charge in [0.25, 0.3) is 5.91 Å². The van der Waals surface area contributed by atoms with Crippen LogP contribution in [0.1, 0.15) is 54.7 Å². The molecule has 1 aromatic heterocycles. The van der Waals surface area contributed by atoms with E-state index in [1.165, 1.54) is 0 Å². The first-order chi connectivity index (χ1) is 10.9. The van der Waals surface area contributed by atoms with Crippen LogP contribution >= 0.6 is 22.9 Å². The maximum atomic E-state index is 12.4. The number of carbonyl (C=O) groups excluding carboxylic acids is 1. The van der Waals surface area contributed by atoms with Crippen LogP contribution in [0.3, 0.4) is 0 Å². The molecule has 0 atom stereocenters. The molecule has 1 heterocycles. The summed E-state index contributed by atoms with van der Waals surface area (Å²) < 4.78 is 5.68. The lowest BCUT2D eigenvalue weighted by atomic mass is 10.2. The van der Waals surface area contributed by atoms with E-state index in [4.69, 9.17) is 16.3 Å². The van der Waals surface area contributed by atoms with Gasteiger partial charge in [0, 0.05) is 16.3 Å². The molecule has 0 fully saturated rings. The zero-order valence-electron chi connectivity index (χ0n) is 13.7. The van der Waals surface area contributed by atoms with Crippen LogP contribution < -0.4 is 10.1 Å². The highest BCUT2D eigenvalue weighted by molar-refractivity contribution is 7.09. The normalized spacial score (nSPS) is 11.1. The van der Waals surface area contributed by atoms with E-state index in [9.17, 15) is 4.79 Å². The van der Waals surface area contributed by atoms with Crippen LogP contribution in [0.5, 0.6) is 5.75 Å². The molecule has 0 aliphatic heterocycles. The van der Waals surface area contributed by atoms with E-state index in [0.717, 1.165) is 10.7 Å². The summed E-state index contributed by atoms with van der Waals surface area (Å²) in [6, 6.07) is 5.05. The van der Waals surface area contributed by atoms with Crippen molar-refractivity contribution in [2.45, 2.75) is 46.3 Å². The molecule has 23 heavy (non-hydrogen) atoms. The van der Waals surface area contributed by atoms with Crippen molar-refractivity contribution in [2.24, 2.45) is 0 Å². The Morgan fingerprint density at radius 3 is 2.70 bits per heavy atom. The van der Waals surface area contributed by atoms with Gasteiger partial charge in [-0.3, -0.25) is 4.79 Å². The summed E-state index contributed by atoms with van der Waals surface area (Å²) in [5.41, 5.74) is 1.30. The topological polar surface area (TPSA) is 51.2 Å². The third-order valence-corrected chi connectivity index (χ3v) is 4.47. The molecule has 0 aliphatic carbocycles. The summed E-state index contributed by atoms with van der Waals surface area (Å²) in [5, 5.41) is 6.42. The van der Waals surface area contributed by atoms with Crippen LogP contribution in [-0.4, -0.2) is 17.0 Å². The highest BCUT2D eigenvalue weighted by Crippen LogP contribution is 2.24. The first-order valence-electron chi connectivity index (χ1n) is 7.55. The number of ether oxygens (including phenoxy) is 1. The molecule has 0 saturated heterocycles. The van der Waals surface area contributed by atoms with Gasteiger partial charge in [-0.25, -0.2) is 4.98 Å². The minimum absolute atomic E-state index is 0.0186. The molecule has 0 bridgehead atoms. The van der Waals surface area contributed by atoms with Crippen LogP contribution in [0.4, 0.5) is 0 Å². The number of rotatable bonds is 6. The summed E-state index contributed by atoms with van der Waals surface area (Å²) in [6.07, 6.45) is -0.0186. The molecule has 4 nitrogen and oxygen atoms in total. The molecule has 0 aliphatic rings. The summed E-state index contributed by atoms with van der Waals surface area (Å²) in [6.45, 7) is 8.42. The molecule has 1 N–H and O–H groups in total. The van der Waals surface area contributed by atoms with Crippen molar-refractivity contribution >= 4 is 28.8 Å². The number of thiazole rings is 1. The smallest absolute Gasteiger partial charge is 0.255 e. The quantitative estimate of drug-likeness (QED) is 0.824. The third kappa shape index (κ3) is 4.94. The average Bonchev–Trinajstić information content (AvgIpc) is 2.95. The molecule has 2 rings (SSSR count). The molecule has 1 aromatic carbocycles. The Hall–Kier alpha value is -1.59. The Labute approximate surface area is 145 Å². The fourth-order valence-electron chi connectivity index (χ4n) is 1.97. The second-order valence-electron chi connectivity index (χ2n) is 5.82. The number of benzene rings is 1. The molecule has 6 heteroatoms. The maximum absolute atomic E-state index is 12.4. The largest absolute Gasteiger partial charge is 0.490 e. The van der Waals surface area contributed by atoms with Crippen LogP contribution in [0.2, 0.25) is 5.02 Å². The molecule has 0 saturated carbocycles. The lowest BCUT2D eigenvalue weighted by Crippen LogP contribution is -2.24. The van der Waals surface area contributed by atoms with Gasteiger partial charge in [-0.05, 0) is 32.0 Å². The zero-order valence-corrected chi connectivity index (χ0v) is 15.3. The molecular weight excluding hydrogens is 332 g/mol. The van der Waals surface area contributed by atoms with Gasteiger partial charge >= 0.3 is 0 Å². The fourth-order valence-corrected chi connectivity index (χ4v) is 2.98. The molecule has 0 spiro atoms. The lowest BCUT2D eigenvalue weighted by Gasteiger charge is -2.14. The van der Waals surface area contributed by atoms with Crippen LogP contribution in [0.25, 0.3) is 0 Å². The Bertz CT molecular complexity index is 683. The van der Waals surface area contributed by atoms with Crippen LogP contribution in [0.15, 0.2) is 23.6 Å². The second kappa shape index (κ2) is 7.79. The van der Waals surface area contributed by atoms with E-state index in [1.54, 1.807) is 29.5 Å². The Balaban J connectivity index is 2.09. The monoisotopic (exact) mass is 352 g/mol. The predicted molar refractivity (Wildman–Crippen MR) is 94.6 cm³/mol. The van der Waals surface area contributed by atoms with Crippen molar-refractivity contribution in [1.82, 2.24) is 10.3 Å². The van der Waals surface area contributed by atoms with Crippen LogP contribution in [0, 0.1) is 0 Å². The number of amides is 1. The Morgan fingerprint density at radius 2 is 2.09 bits per heavy atom. The molecule has 2 aromatic rings. The van der Waals surface area contributed by atoms with E-state index in [2.05, 4.69) is 24.1 Å². The number of halogens is 1. The highest BCUT2D eigenvalue weighted by Gasteiger charge is 2.15. The van der Waals surface area contributed by atoms with Gasteiger partial charge in [0.15, 0.2) is 0 Å². The number of hydrogen-bond donors (Lipinski definition) is 1. The van der Waals surface area contributed by atoms with E-state index in [0.29, 0.717) is 28.8 Å². The fraction of sp³-hybridized carbons (Fsp3) is 0.412. The van der Waals surface area contributed by atoms with Crippen molar-refractivity contribution < 1.29 is 9.53 Å². The maximum Gasteiger partial charge on any atom is 0.255 e. The van der Waals surface area contributed by atoms with Crippen molar-refractivity contribution in [3.05, 3.63) is 44.9 Å². The number of hydrogen-bond acceptors (Lipinski definition) is 4. The number of nitrogens with one attached hydrogen (secondary N) is 1. The van der Waals surface area contributed by atoms with Crippen molar-refractivity contribution in [1.29, 1.82) is 0 Å². The van der Waals surface area contributed by atoms with E-state index in [1.807, 2.05) is 19.2 Å². The van der Waals surface area contributed by atoms with E-state index in [-0.39, 0.29) is 12.0 Å². The van der Waals surface area contributed by atoms with Crippen LogP contribution in [-0.2, 0) is 6.54 Å². The SMILES string of the molecule is CC(C)Oc1ccc(Cl)cc1C(=O)NCc1csc(C(C)C)n1. The minimum atomic E-state index is -0.220. The molecule has 124 valence electrons. The first-order valence-corrected chi connectivity index (χ1v) is 8.81. The summed E-state index contributed by atoms with van der Waals surface area (Å²) >= 11 is 7.62. The van der Waals surface area contributed by atoms with Gasteiger partial charge in [0.05, 0.1) is 28.9 Å². The zero-order chi connectivity index (χ0) is 17.0. The van der Waals surface area contributed by atoms with Gasteiger partial charge in [0.2, 0.25) is 0 Å². The first kappa shape index (κ1) is 17.8. The second-order valence-corrected chi connectivity index (χ2v) is 7.15. The molecule has 0 unspecified atom stereocenters. The van der Waals surface area contributed by atoms with Crippen molar-refractivity contribution in [3.8, 4) is 5.75 Å². The summed E-state index contributed by atoms with van der Waals surface area (Å²) in [4.78, 5) is 16.9. The van der Waals surface area contributed by atoms with E-state index < -0.39 is 0 Å². The van der Waals surface area contributed by atoms with Gasteiger partial charge in [-0.2, -0.15) is 0 Å². The standard InChI is InChI=1S/C17H21ClN2O2S/c1-10(2)17-20-13(9-23-17)8-19-16(21)14-7-12(18)5-6-15(14)22-11(3)4/h5-7,9-11H,8H2,1-4H3,(H,19,21). The Kier molecular flexibility index (Phi) is 6.02. The third-order valence-electron chi connectivity index (χ3n) is 3.04. The lowest BCUT2D eigenvalue weighted by molar-refractivity contribution is 0.0944. The van der Waals surface area contributed by atoms with Gasteiger partial charge in [-0.1, -0.05) is 25.4 Å². The van der Waals surface area contributed by atoms with Crippen molar-refractivity contribution in [3.63, 3.8) is 0 Å². The number of aromatic nitrogens is 1. The minimum Gasteiger partial charge on any atom is -0.490 e.